The molecule has 126 valence electrons. The molecular weight excluding hydrogens is 334 g/mol. The van der Waals surface area contributed by atoms with Crippen molar-refractivity contribution in [3.05, 3.63) is 21.3 Å². The van der Waals surface area contributed by atoms with E-state index in [4.69, 9.17) is 16.3 Å². The molecule has 7 heteroatoms. The normalized spacial score (nSPS) is 34.0. The summed E-state index contributed by atoms with van der Waals surface area (Å²) in [6, 6.07) is 3.69. The fourth-order valence-electron chi connectivity index (χ4n) is 4.26. The molecule has 2 N–H and O–H groups in total. The van der Waals surface area contributed by atoms with E-state index < -0.39 is 6.10 Å². The summed E-state index contributed by atoms with van der Waals surface area (Å²) in [5.41, 5.74) is 0. The van der Waals surface area contributed by atoms with E-state index in [1.54, 1.807) is 7.05 Å². The molecule has 0 aliphatic carbocycles. The van der Waals surface area contributed by atoms with Gasteiger partial charge in [-0.2, -0.15) is 0 Å². The van der Waals surface area contributed by atoms with Crippen molar-refractivity contribution in [1.82, 2.24) is 10.2 Å². The number of hydrogen-bond donors (Lipinski definition) is 2. The Balaban J connectivity index is 1.35. The molecular formula is C16H22ClN3O2S. The number of aliphatic hydroxyl groups is 1. The summed E-state index contributed by atoms with van der Waals surface area (Å²) in [6.45, 7) is 2.46. The first-order valence-electron chi connectivity index (χ1n) is 8.20. The van der Waals surface area contributed by atoms with Gasteiger partial charge in [-0.25, -0.2) is 0 Å². The summed E-state index contributed by atoms with van der Waals surface area (Å²) in [4.78, 5) is 7.59. The Kier molecular flexibility index (Phi) is 4.26. The van der Waals surface area contributed by atoms with Crippen LogP contribution in [-0.4, -0.2) is 54.9 Å². The highest BCUT2D eigenvalue weighted by Crippen LogP contribution is 2.47. The number of nitrogens with zero attached hydrogens (tertiary/aromatic N) is 2. The third kappa shape index (κ3) is 2.86. The Hall–Kier alpha value is -0.820. The third-order valence-electron chi connectivity index (χ3n) is 5.34. The number of halogens is 1. The van der Waals surface area contributed by atoms with Crippen molar-refractivity contribution in [2.24, 2.45) is 16.8 Å². The number of rotatable bonds is 3. The maximum absolute atomic E-state index is 10.3. The van der Waals surface area contributed by atoms with Crippen LogP contribution in [0.1, 0.15) is 23.8 Å². The van der Waals surface area contributed by atoms with Gasteiger partial charge in [0.05, 0.1) is 16.5 Å². The molecule has 5 nitrogen and oxygen atoms in total. The van der Waals surface area contributed by atoms with Crippen LogP contribution in [0, 0.1) is 11.8 Å². The predicted octanol–water partition coefficient (Wildman–Crippen LogP) is 2.12. The lowest BCUT2D eigenvalue weighted by Crippen LogP contribution is -2.42. The van der Waals surface area contributed by atoms with Crippen molar-refractivity contribution < 1.29 is 9.84 Å². The molecule has 0 amide bonds. The van der Waals surface area contributed by atoms with Gasteiger partial charge in [-0.1, -0.05) is 11.6 Å². The van der Waals surface area contributed by atoms with Gasteiger partial charge in [0, 0.05) is 43.4 Å². The lowest BCUT2D eigenvalue weighted by molar-refractivity contribution is 0.0766. The topological polar surface area (TPSA) is 57.1 Å². The zero-order chi connectivity index (χ0) is 16.0. The zero-order valence-corrected chi connectivity index (χ0v) is 14.7. The maximum atomic E-state index is 10.3. The fourth-order valence-corrected chi connectivity index (χ4v) is 5.31. The summed E-state index contributed by atoms with van der Waals surface area (Å²) in [5, 5.41) is 13.6. The van der Waals surface area contributed by atoms with Crippen molar-refractivity contribution in [2.75, 3.05) is 26.7 Å². The largest absolute Gasteiger partial charge is 0.386 e. The predicted molar refractivity (Wildman–Crippen MR) is 92.1 cm³/mol. The molecule has 0 aromatic carbocycles. The summed E-state index contributed by atoms with van der Waals surface area (Å²) in [5.74, 6) is 2.17. The van der Waals surface area contributed by atoms with Gasteiger partial charge in [-0.05, 0) is 25.0 Å². The van der Waals surface area contributed by atoms with Crippen LogP contribution in [0.5, 0.6) is 0 Å². The molecule has 0 spiro atoms. The lowest BCUT2D eigenvalue weighted by atomic mass is 9.82. The monoisotopic (exact) mass is 355 g/mol. The second-order valence-electron chi connectivity index (χ2n) is 6.61. The van der Waals surface area contributed by atoms with Crippen molar-refractivity contribution in [3.8, 4) is 0 Å². The third-order valence-corrected chi connectivity index (χ3v) is 6.67. The zero-order valence-electron chi connectivity index (χ0n) is 13.1. The SMILES string of the molecule is CN=C(NCC(O)c1ccc(Cl)s1)N1CC2C3CCC(O3)C2C1. The molecule has 23 heavy (non-hydrogen) atoms. The fraction of sp³-hybridized carbons (Fsp3) is 0.688. The van der Waals surface area contributed by atoms with Gasteiger partial charge in [-0.3, -0.25) is 4.99 Å². The Morgan fingerprint density at radius 1 is 1.43 bits per heavy atom. The van der Waals surface area contributed by atoms with Crippen LogP contribution in [0.15, 0.2) is 17.1 Å². The number of guanidine groups is 1. The minimum absolute atomic E-state index is 0.443. The Morgan fingerprint density at radius 2 is 2.13 bits per heavy atom. The van der Waals surface area contributed by atoms with Crippen LogP contribution in [0.2, 0.25) is 4.34 Å². The standard InChI is InChI=1S/C16H22ClN3O2S/c1-18-16(19-6-11(21)14-4-5-15(17)23-14)20-7-9-10(8-20)13-3-2-12(9)22-13/h4-5,9-13,21H,2-3,6-8H2,1H3,(H,18,19). The van der Waals surface area contributed by atoms with E-state index in [2.05, 4.69) is 15.2 Å². The van der Waals surface area contributed by atoms with Gasteiger partial charge in [0.25, 0.3) is 0 Å². The van der Waals surface area contributed by atoms with Gasteiger partial charge in [0.15, 0.2) is 5.96 Å². The number of likely N-dealkylation sites (tertiary alicyclic amines) is 1. The average molecular weight is 356 g/mol. The molecule has 4 heterocycles. The number of fused-ring (bicyclic) bond motifs is 5. The van der Waals surface area contributed by atoms with Crippen molar-refractivity contribution >= 4 is 28.9 Å². The molecule has 0 radical (unpaired) electrons. The molecule has 3 aliphatic rings. The van der Waals surface area contributed by atoms with E-state index in [-0.39, 0.29) is 0 Å². The highest BCUT2D eigenvalue weighted by molar-refractivity contribution is 7.16. The van der Waals surface area contributed by atoms with Crippen LogP contribution in [0.4, 0.5) is 0 Å². The van der Waals surface area contributed by atoms with E-state index in [9.17, 15) is 5.11 Å². The molecule has 0 saturated carbocycles. The highest BCUT2D eigenvalue weighted by Gasteiger charge is 2.53. The van der Waals surface area contributed by atoms with Gasteiger partial charge in [0.2, 0.25) is 0 Å². The minimum Gasteiger partial charge on any atom is -0.386 e. The van der Waals surface area contributed by atoms with Gasteiger partial charge in [-0.15, -0.1) is 11.3 Å². The molecule has 2 bridgehead atoms. The van der Waals surface area contributed by atoms with Crippen LogP contribution in [0.25, 0.3) is 0 Å². The number of aliphatic imine (C=N–C) groups is 1. The van der Waals surface area contributed by atoms with Crippen LogP contribution in [-0.2, 0) is 4.74 Å². The van der Waals surface area contributed by atoms with E-state index >= 15 is 0 Å². The lowest BCUT2D eigenvalue weighted by Gasteiger charge is -2.24. The van der Waals surface area contributed by atoms with Gasteiger partial charge >= 0.3 is 0 Å². The van der Waals surface area contributed by atoms with Gasteiger partial charge < -0.3 is 20.1 Å². The Labute approximate surface area is 145 Å². The molecule has 4 rings (SSSR count). The first kappa shape index (κ1) is 15.7. The smallest absolute Gasteiger partial charge is 0.193 e. The van der Waals surface area contributed by atoms with Crippen molar-refractivity contribution in [1.29, 1.82) is 0 Å². The van der Waals surface area contributed by atoms with E-state index in [1.165, 1.54) is 24.2 Å². The number of thiophene rings is 1. The molecule has 1 aromatic rings. The van der Waals surface area contributed by atoms with Crippen LogP contribution >= 0.6 is 22.9 Å². The Morgan fingerprint density at radius 3 is 2.70 bits per heavy atom. The average Bonchev–Trinajstić information content (AvgIpc) is 3.29. The summed E-state index contributed by atoms with van der Waals surface area (Å²) in [7, 11) is 1.80. The van der Waals surface area contributed by atoms with E-state index in [0.717, 1.165) is 23.9 Å². The Bertz CT molecular complexity index is 590. The summed E-state index contributed by atoms with van der Waals surface area (Å²) in [6.07, 6.45) is 2.76. The second kappa shape index (κ2) is 6.24. The first-order valence-corrected chi connectivity index (χ1v) is 9.39. The van der Waals surface area contributed by atoms with Crippen molar-refractivity contribution in [2.45, 2.75) is 31.2 Å². The quantitative estimate of drug-likeness (QED) is 0.644. The molecule has 5 atom stereocenters. The number of ether oxygens (including phenoxy) is 1. The number of hydrogen-bond acceptors (Lipinski definition) is 4. The summed E-state index contributed by atoms with van der Waals surface area (Å²) < 4.78 is 6.72. The van der Waals surface area contributed by atoms with Crippen LogP contribution < -0.4 is 5.32 Å². The van der Waals surface area contributed by atoms with Crippen molar-refractivity contribution in [3.63, 3.8) is 0 Å². The second-order valence-corrected chi connectivity index (χ2v) is 8.36. The van der Waals surface area contributed by atoms with E-state index in [1.807, 2.05) is 12.1 Å². The first-order chi connectivity index (χ1) is 11.2. The molecule has 1 aromatic heterocycles. The molecule has 5 unspecified atom stereocenters. The summed E-state index contributed by atoms with van der Waals surface area (Å²) >= 11 is 7.34. The molecule has 3 fully saturated rings. The number of aliphatic hydroxyl groups excluding tert-OH is 1. The molecule has 3 aliphatic heterocycles. The van der Waals surface area contributed by atoms with Crippen LogP contribution in [0.3, 0.4) is 0 Å². The minimum atomic E-state index is -0.564. The maximum Gasteiger partial charge on any atom is 0.193 e. The highest BCUT2D eigenvalue weighted by atomic mass is 35.5. The number of nitrogens with one attached hydrogen (secondary N) is 1. The molecule has 3 saturated heterocycles. The van der Waals surface area contributed by atoms with Gasteiger partial charge in [0.1, 0.15) is 6.10 Å². The van der Waals surface area contributed by atoms with E-state index in [0.29, 0.717) is 34.9 Å².